The van der Waals surface area contributed by atoms with E-state index in [1.54, 1.807) is 12.3 Å². The fourth-order valence-electron chi connectivity index (χ4n) is 4.73. The van der Waals surface area contributed by atoms with Gasteiger partial charge in [0.1, 0.15) is 24.2 Å². The highest BCUT2D eigenvalue weighted by Crippen LogP contribution is 2.25. The lowest BCUT2D eigenvalue weighted by atomic mass is 10.0. The molecule has 1 aromatic heterocycles. The van der Waals surface area contributed by atoms with E-state index in [0.29, 0.717) is 28.8 Å². The van der Waals surface area contributed by atoms with Crippen molar-refractivity contribution in [1.82, 2.24) is 25.0 Å². The van der Waals surface area contributed by atoms with Crippen LogP contribution in [-0.2, 0) is 17.3 Å². The first-order valence-electron chi connectivity index (χ1n) is 13.1. The van der Waals surface area contributed by atoms with E-state index in [-0.39, 0.29) is 18.3 Å². The lowest BCUT2D eigenvalue weighted by Crippen LogP contribution is -2.47. The van der Waals surface area contributed by atoms with Crippen molar-refractivity contribution < 1.29 is 24.0 Å². The maximum absolute atomic E-state index is 12.7. The molecule has 0 radical (unpaired) electrons. The number of hydrogen-bond acceptors (Lipinski definition) is 9. The van der Waals surface area contributed by atoms with Crippen LogP contribution in [0.5, 0.6) is 11.5 Å². The van der Waals surface area contributed by atoms with Gasteiger partial charge >= 0.3 is 0 Å². The van der Waals surface area contributed by atoms with Crippen molar-refractivity contribution in [3.63, 3.8) is 0 Å². The summed E-state index contributed by atoms with van der Waals surface area (Å²) in [7, 11) is 0.751. The number of ether oxygens (including phenoxy) is 1. The molecule has 11 heteroatoms. The highest BCUT2D eigenvalue weighted by molar-refractivity contribution is 7.84. The quantitative estimate of drug-likeness (QED) is 0.400. The monoisotopic (exact) mass is 545 g/mol. The molecule has 2 saturated heterocycles. The SMILES string of the molecule is CN1CCN(C(=O)c2ccc(CN3CCC(NCC(O)COc4ccc(O)c(S(C)=O)c4)CC3)nc2)CC1. The topological polar surface area (TPSA) is 118 Å². The van der Waals surface area contributed by atoms with Crippen molar-refractivity contribution in [2.24, 2.45) is 0 Å². The molecule has 2 aliphatic heterocycles. The van der Waals surface area contributed by atoms with E-state index < -0.39 is 16.9 Å². The number of hydrogen-bond donors (Lipinski definition) is 3. The molecule has 0 saturated carbocycles. The van der Waals surface area contributed by atoms with Gasteiger partial charge in [-0.25, -0.2) is 0 Å². The average molecular weight is 546 g/mol. The highest BCUT2D eigenvalue weighted by Gasteiger charge is 2.22. The molecule has 3 N–H and O–H groups in total. The first kappa shape index (κ1) is 28.4. The molecular formula is C27H39N5O5S. The molecule has 2 fully saturated rings. The molecule has 2 aromatic rings. The Kier molecular flexibility index (Phi) is 10.1. The van der Waals surface area contributed by atoms with Crippen molar-refractivity contribution in [2.75, 3.05) is 65.7 Å². The minimum Gasteiger partial charge on any atom is -0.507 e. The van der Waals surface area contributed by atoms with E-state index in [9.17, 15) is 19.2 Å². The summed E-state index contributed by atoms with van der Waals surface area (Å²) in [4.78, 5) is 24.1. The molecule has 10 nitrogen and oxygen atoms in total. The van der Waals surface area contributed by atoms with E-state index in [1.807, 2.05) is 17.0 Å². The highest BCUT2D eigenvalue weighted by atomic mass is 32.2. The van der Waals surface area contributed by atoms with Crippen molar-refractivity contribution >= 4 is 16.7 Å². The summed E-state index contributed by atoms with van der Waals surface area (Å²) in [5, 5.41) is 23.5. The predicted molar refractivity (Wildman–Crippen MR) is 146 cm³/mol. The van der Waals surface area contributed by atoms with Gasteiger partial charge in [0.25, 0.3) is 5.91 Å². The first-order valence-corrected chi connectivity index (χ1v) is 14.7. The third-order valence-corrected chi connectivity index (χ3v) is 8.11. The molecule has 1 aromatic carbocycles. The van der Waals surface area contributed by atoms with E-state index in [1.165, 1.54) is 18.4 Å². The maximum Gasteiger partial charge on any atom is 0.255 e. The number of pyridine rings is 1. The van der Waals surface area contributed by atoms with Gasteiger partial charge in [0.15, 0.2) is 0 Å². The summed E-state index contributed by atoms with van der Waals surface area (Å²) in [6.07, 6.45) is 4.45. The molecule has 0 spiro atoms. The molecule has 0 bridgehead atoms. The fourth-order valence-corrected chi connectivity index (χ4v) is 5.37. The molecule has 0 aliphatic carbocycles. The minimum atomic E-state index is -1.32. The van der Waals surface area contributed by atoms with Gasteiger partial charge in [-0.3, -0.25) is 18.9 Å². The van der Waals surface area contributed by atoms with Crippen molar-refractivity contribution in [2.45, 2.75) is 36.4 Å². The minimum absolute atomic E-state index is 0.0316. The van der Waals surface area contributed by atoms with Crippen LogP contribution >= 0.6 is 0 Å². The number of amides is 1. The number of likely N-dealkylation sites (N-methyl/N-ethyl adjacent to an activating group) is 1. The molecular weight excluding hydrogens is 506 g/mol. The number of aliphatic hydroxyl groups excluding tert-OH is 1. The van der Waals surface area contributed by atoms with E-state index in [2.05, 4.69) is 27.1 Å². The number of aromatic hydroxyl groups is 1. The number of aliphatic hydroxyl groups is 1. The van der Waals surface area contributed by atoms with E-state index in [4.69, 9.17) is 4.74 Å². The summed E-state index contributed by atoms with van der Waals surface area (Å²) in [6, 6.07) is 8.74. The van der Waals surface area contributed by atoms with Crippen LogP contribution in [0.2, 0.25) is 0 Å². The Morgan fingerprint density at radius 1 is 1.16 bits per heavy atom. The number of nitrogens with zero attached hydrogens (tertiary/aromatic N) is 4. The third kappa shape index (κ3) is 7.97. The van der Waals surface area contributed by atoms with Gasteiger partial charge in [-0.1, -0.05) is 0 Å². The Balaban J connectivity index is 1.14. The second kappa shape index (κ2) is 13.5. The Hall–Kier alpha value is -2.57. The zero-order valence-electron chi connectivity index (χ0n) is 22.2. The number of likely N-dealkylation sites (tertiary alicyclic amines) is 1. The number of piperazine rings is 1. The van der Waals surface area contributed by atoms with Crippen LogP contribution in [0.4, 0.5) is 0 Å². The first-order chi connectivity index (χ1) is 18.3. The number of phenols is 1. The summed E-state index contributed by atoms with van der Waals surface area (Å²) in [6.45, 7) is 6.44. The van der Waals surface area contributed by atoms with Crippen LogP contribution in [0.25, 0.3) is 0 Å². The smallest absolute Gasteiger partial charge is 0.255 e. The lowest BCUT2D eigenvalue weighted by Gasteiger charge is -2.33. The van der Waals surface area contributed by atoms with Gasteiger partial charge in [0.05, 0.1) is 27.0 Å². The van der Waals surface area contributed by atoms with Crippen LogP contribution in [-0.4, -0.2) is 118 Å². The van der Waals surface area contributed by atoms with Crippen LogP contribution < -0.4 is 10.1 Å². The number of carbonyl (C=O) groups excluding carboxylic acids is 1. The molecule has 208 valence electrons. The molecule has 38 heavy (non-hydrogen) atoms. The number of piperidine rings is 1. The second-order valence-corrected chi connectivity index (χ2v) is 11.5. The van der Waals surface area contributed by atoms with Gasteiger partial charge in [-0.2, -0.15) is 0 Å². The Labute approximate surface area is 227 Å². The van der Waals surface area contributed by atoms with E-state index in [0.717, 1.165) is 64.3 Å². The number of benzene rings is 1. The Bertz CT molecular complexity index is 1090. The summed E-state index contributed by atoms with van der Waals surface area (Å²) >= 11 is 0. The number of phenolic OH excluding ortho intramolecular Hbond substituents is 1. The summed E-state index contributed by atoms with van der Waals surface area (Å²) in [5.74, 6) is 0.489. The van der Waals surface area contributed by atoms with Crippen LogP contribution in [0, 0.1) is 0 Å². The maximum atomic E-state index is 12.7. The standard InChI is InChI=1S/C27H39N5O5S/c1-30-11-13-32(14-12-30)27(35)20-3-4-22(28-16-20)18-31-9-7-21(8-10-31)29-17-23(33)19-37-24-5-6-25(34)26(15-24)38(2)36/h3-6,15-16,21,23,29,33-34H,7-14,17-19H2,1-2H3. The van der Waals surface area contributed by atoms with Crippen molar-refractivity contribution in [3.05, 3.63) is 47.8 Å². The number of nitrogens with one attached hydrogen (secondary N) is 1. The Morgan fingerprint density at radius 3 is 2.55 bits per heavy atom. The van der Waals surface area contributed by atoms with Crippen molar-refractivity contribution in [3.8, 4) is 11.5 Å². The van der Waals surface area contributed by atoms with Gasteiger partial charge in [-0.05, 0) is 50.2 Å². The molecule has 1 amide bonds. The van der Waals surface area contributed by atoms with E-state index >= 15 is 0 Å². The zero-order chi connectivity index (χ0) is 27.1. The molecule has 3 heterocycles. The average Bonchev–Trinajstić information content (AvgIpc) is 2.92. The fraction of sp³-hybridized carbons (Fsp3) is 0.556. The molecule has 2 atom stereocenters. The summed E-state index contributed by atoms with van der Waals surface area (Å²) in [5.41, 5.74) is 1.61. The number of aromatic nitrogens is 1. The summed E-state index contributed by atoms with van der Waals surface area (Å²) < 4.78 is 17.3. The molecule has 4 rings (SSSR count). The third-order valence-electron chi connectivity index (χ3n) is 7.16. The van der Waals surface area contributed by atoms with Gasteiger partial charge in [0.2, 0.25) is 0 Å². The zero-order valence-corrected chi connectivity index (χ0v) is 23.0. The normalized spacial score (nSPS) is 19.3. The van der Waals surface area contributed by atoms with Crippen LogP contribution in [0.3, 0.4) is 0 Å². The van der Waals surface area contributed by atoms with Gasteiger partial charge in [0, 0.05) is 70.9 Å². The number of rotatable bonds is 10. The van der Waals surface area contributed by atoms with Crippen LogP contribution in [0.1, 0.15) is 28.9 Å². The predicted octanol–water partition coefficient (Wildman–Crippen LogP) is 0.906. The lowest BCUT2D eigenvalue weighted by molar-refractivity contribution is 0.0663. The van der Waals surface area contributed by atoms with Gasteiger partial charge < -0.3 is 30.1 Å². The number of carbonyl (C=O) groups is 1. The van der Waals surface area contributed by atoms with Crippen molar-refractivity contribution in [1.29, 1.82) is 0 Å². The van der Waals surface area contributed by atoms with Gasteiger partial charge in [-0.15, -0.1) is 0 Å². The molecule has 2 aliphatic rings. The second-order valence-electron chi connectivity index (χ2n) is 10.1. The van der Waals surface area contributed by atoms with Crippen LogP contribution in [0.15, 0.2) is 41.4 Å². The largest absolute Gasteiger partial charge is 0.507 e. The Morgan fingerprint density at radius 2 is 1.89 bits per heavy atom. The molecule has 2 unspecified atom stereocenters.